The fourth-order valence-electron chi connectivity index (χ4n) is 2.78. The maximum atomic E-state index is 12.1. The molecule has 2 aromatic carbocycles. The summed E-state index contributed by atoms with van der Waals surface area (Å²) in [6.45, 7) is 2.33. The summed E-state index contributed by atoms with van der Waals surface area (Å²) >= 11 is 11.1. The smallest absolute Gasteiger partial charge is 0.242 e. The summed E-state index contributed by atoms with van der Waals surface area (Å²) in [5.41, 5.74) is 7.65. The lowest BCUT2D eigenvalue weighted by Gasteiger charge is -2.09. The number of benzene rings is 2. The Kier molecular flexibility index (Phi) is 6.79. The van der Waals surface area contributed by atoms with Crippen molar-refractivity contribution < 1.29 is 9.59 Å². The van der Waals surface area contributed by atoms with E-state index in [1.165, 1.54) is 0 Å². The number of halogens is 1. The normalized spacial score (nSPS) is 10.6. The maximum Gasteiger partial charge on any atom is 0.242 e. The molecule has 1 heterocycles. The molecule has 3 N–H and O–H groups in total. The lowest BCUT2D eigenvalue weighted by atomic mass is 10.1. The Morgan fingerprint density at radius 3 is 2.59 bits per heavy atom. The molecule has 29 heavy (non-hydrogen) atoms. The number of hydrazine groups is 1. The van der Waals surface area contributed by atoms with Crippen LogP contribution in [0, 0.1) is 11.7 Å². The van der Waals surface area contributed by atoms with Gasteiger partial charge in [0.15, 0.2) is 10.6 Å². The van der Waals surface area contributed by atoms with Crippen molar-refractivity contribution in [2.75, 3.05) is 0 Å². The first kappa shape index (κ1) is 20.8. The SMILES string of the molecule is Cc1cccc(-c2n[nH]c(=S)n2CCC(=O)NNC(=O)Cc2ccc(Cl)cc2)c1. The monoisotopic (exact) mass is 429 g/mol. The van der Waals surface area contributed by atoms with Crippen molar-refractivity contribution >= 4 is 35.6 Å². The number of nitrogens with zero attached hydrogens (tertiary/aromatic N) is 2. The standard InChI is InChI=1S/C20H20ClN5O2S/c1-13-3-2-4-15(11-13)19-24-25-20(29)26(19)10-9-17(27)22-23-18(28)12-14-5-7-16(21)8-6-14/h2-8,11H,9-10,12H2,1H3,(H,22,27)(H,23,28)(H,25,29). The summed E-state index contributed by atoms with van der Waals surface area (Å²) in [6, 6.07) is 14.8. The van der Waals surface area contributed by atoms with Gasteiger partial charge in [-0.25, -0.2) is 0 Å². The summed E-state index contributed by atoms with van der Waals surface area (Å²) in [5, 5.41) is 7.63. The van der Waals surface area contributed by atoms with Gasteiger partial charge in [-0.1, -0.05) is 47.5 Å². The van der Waals surface area contributed by atoms with Crippen LogP contribution in [-0.4, -0.2) is 26.6 Å². The highest BCUT2D eigenvalue weighted by Crippen LogP contribution is 2.18. The maximum absolute atomic E-state index is 12.1. The topological polar surface area (TPSA) is 91.8 Å². The summed E-state index contributed by atoms with van der Waals surface area (Å²) in [5.74, 6) is 0.0204. The zero-order chi connectivity index (χ0) is 20.8. The van der Waals surface area contributed by atoms with Crippen molar-refractivity contribution in [1.82, 2.24) is 25.6 Å². The number of amides is 2. The number of aryl methyl sites for hydroxylation is 1. The van der Waals surface area contributed by atoms with E-state index in [0.29, 0.717) is 22.2 Å². The van der Waals surface area contributed by atoms with Crippen LogP contribution < -0.4 is 10.9 Å². The van der Waals surface area contributed by atoms with Gasteiger partial charge in [-0.3, -0.25) is 30.1 Å². The van der Waals surface area contributed by atoms with Crippen LogP contribution in [0.5, 0.6) is 0 Å². The highest BCUT2D eigenvalue weighted by atomic mass is 35.5. The average molecular weight is 430 g/mol. The third-order valence-electron chi connectivity index (χ3n) is 4.22. The van der Waals surface area contributed by atoms with Crippen LogP contribution in [0.4, 0.5) is 0 Å². The molecule has 3 rings (SSSR count). The lowest BCUT2D eigenvalue weighted by Crippen LogP contribution is -2.42. The van der Waals surface area contributed by atoms with Crippen LogP contribution in [0.2, 0.25) is 5.02 Å². The zero-order valence-corrected chi connectivity index (χ0v) is 17.3. The second kappa shape index (κ2) is 9.49. The van der Waals surface area contributed by atoms with E-state index in [-0.39, 0.29) is 24.7 Å². The second-order valence-electron chi connectivity index (χ2n) is 6.52. The van der Waals surface area contributed by atoms with Crippen LogP contribution >= 0.6 is 23.8 Å². The minimum absolute atomic E-state index is 0.133. The molecule has 0 saturated heterocycles. The van der Waals surface area contributed by atoms with Crippen molar-refractivity contribution in [3.63, 3.8) is 0 Å². The molecule has 0 atom stereocenters. The van der Waals surface area contributed by atoms with Gasteiger partial charge >= 0.3 is 0 Å². The molecule has 0 radical (unpaired) electrons. The van der Waals surface area contributed by atoms with Crippen molar-refractivity contribution in [2.24, 2.45) is 0 Å². The van der Waals surface area contributed by atoms with Crippen LogP contribution in [0.1, 0.15) is 17.5 Å². The summed E-state index contributed by atoms with van der Waals surface area (Å²) in [4.78, 5) is 24.1. The third kappa shape index (κ3) is 5.75. The van der Waals surface area contributed by atoms with E-state index in [1.807, 2.05) is 31.2 Å². The number of rotatable bonds is 6. The number of hydrogen-bond donors (Lipinski definition) is 3. The molecule has 0 unspecified atom stereocenters. The van der Waals surface area contributed by atoms with E-state index >= 15 is 0 Å². The molecule has 2 amide bonds. The Balaban J connectivity index is 1.53. The van der Waals surface area contributed by atoms with Gasteiger partial charge in [-0.2, -0.15) is 5.10 Å². The Morgan fingerprint density at radius 1 is 1.14 bits per heavy atom. The van der Waals surface area contributed by atoms with E-state index in [9.17, 15) is 9.59 Å². The van der Waals surface area contributed by atoms with Gasteiger partial charge < -0.3 is 0 Å². The minimum atomic E-state index is -0.326. The molecule has 3 aromatic rings. The van der Waals surface area contributed by atoms with Crippen LogP contribution in [0.15, 0.2) is 48.5 Å². The molecule has 0 bridgehead atoms. The van der Waals surface area contributed by atoms with Gasteiger partial charge in [0.1, 0.15) is 0 Å². The molecule has 1 aromatic heterocycles. The number of aromatic nitrogens is 3. The Morgan fingerprint density at radius 2 is 1.86 bits per heavy atom. The predicted molar refractivity (Wildman–Crippen MR) is 114 cm³/mol. The largest absolute Gasteiger partial charge is 0.300 e. The Hall–Kier alpha value is -2.97. The predicted octanol–water partition coefficient (Wildman–Crippen LogP) is 3.35. The first-order valence-electron chi connectivity index (χ1n) is 8.97. The fourth-order valence-corrected chi connectivity index (χ4v) is 3.13. The molecule has 0 spiro atoms. The molecule has 0 fully saturated rings. The van der Waals surface area contributed by atoms with E-state index in [4.69, 9.17) is 23.8 Å². The van der Waals surface area contributed by atoms with Crippen molar-refractivity contribution in [1.29, 1.82) is 0 Å². The number of carbonyl (C=O) groups excluding carboxylic acids is 2. The number of H-pyrrole nitrogens is 1. The van der Waals surface area contributed by atoms with E-state index in [2.05, 4.69) is 21.0 Å². The van der Waals surface area contributed by atoms with Crippen molar-refractivity contribution in [2.45, 2.75) is 26.3 Å². The molecule has 7 nitrogen and oxygen atoms in total. The van der Waals surface area contributed by atoms with E-state index in [1.54, 1.807) is 28.8 Å². The minimum Gasteiger partial charge on any atom is -0.300 e. The van der Waals surface area contributed by atoms with Crippen LogP contribution in [0.3, 0.4) is 0 Å². The summed E-state index contributed by atoms with van der Waals surface area (Å²) in [6.07, 6.45) is 0.273. The van der Waals surface area contributed by atoms with Crippen LogP contribution in [0.25, 0.3) is 11.4 Å². The molecule has 0 saturated carbocycles. The first-order valence-corrected chi connectivity index (χ1v) is 9.75. The highest BCUT2D eigenvalue weighted by Gasteiger charge is 2.11. The van der Waals surface area contributed by atoms with Gasteiger partial charge in [0.25, 0.3) is 0 Å². The second-order valence-corrected chi connectivity index (χ2v) is 7.35. The summed E-state index contributed by atoms with van der Waals surface area (Å²) in [7, 11) is 0. The molecule has 0 aliphatic carbocycles. The zero-order valence-electron chi connectivity index (χ0n) is 15.7. The Labute approximate surface area is 178 Å². The lowest BCUT2D eigenvalue weighted by molar-refractivity contribution is -0.128. The van der Waals surface area contributed by atoms with Crippen LogP contribution in [-0.2, 0) is 22.6 Å². The number of aromatic amines is 1. The Bertz CT molecular complexity index is 1070. The van der Waals surface area contributed by atoms with E-state index in [0.717, 1.165) is 16.7 Å². The molecule has 150 valence electrons. The quantitative estimate of drug-likeness (QED) is 0.414. The third-order valence-corrected chi connectivity index (χ3v) is 4.78. The van der Waals surface area contributed by atoms with Gasteiger partial charge in [0, 0.05) is 23.6 Å². The number of hydrogen-bond acceptors (Lipinski definition) is 4. The highest BCUT2D eigenvalue weighted by molar-refractivity contribution is 7.71. The molecular formula is C20H20ClN5O2S. The van der Waals surface area contributed by atoms with Crippen molar-refractivity contribution in [3.05, 3.63) is 69.5 Å². The van der Waals surface area contributed by atoms with Crippen molar-refractivity contribution in [3.8, 4) is 11.4 Å². The molecule has 9 heteroatoms. The van der Waals surface area contributed by atoms with Gasteiger partial charge in [-0.05, 0) is 42.9 Å². The molecule has 0 aliphatic rings. The first-order chi connectivity index (χ1) is 13.9. The summed E-state index contributed by atoms with van der Waals surface area (Å²) < 4.78 is 2.19. The number of nitrogens with one attached hydrogen (secondary N) is 3. The average Bonchev–Trinajstić information content (AvgIpc) is 3.07. The van der Waals surface area contributed by atoms with E-state index < -0.39 is 0 Å². The number of carbonyl (C=O) groups is 2. The molecule has 0 aliphatic heterocycles. The van der Waals surface area contributed by atoms with Gasteiger partial charge in [-0.15, -0.1) is 0 Å². The molecular weight excluding hydrogens is 410 g/mol. The fraction of sp³-hybridized carbons (Fsp3) is 0.200. The van der Waals surface area contributed by atoms with Gasteiger partial charge in [0.2, 0.25) is 11.8 Å². The van der Waals surface area contributed by atoms with Gasteiger partial charge in [0.05, 0.1) is 6.42 Å².